The van der Waals surface area contributed by atoms with Gasteiger partial charge in [-0.25, -0.2) is 9.37 Å². The molecule has 2 heterocycles. The highest BCUT2D eigenvalue weighted by Gasteiger charge is 2.24. The van der Waals surface area contributed by atoms with E-state index in [1.807, 2.05) is 0 Å². The van der Waals surface area contributed by atoms with Gasteiger partial charge in [-0.05, 0) is 38.1 Å². The van der Waals surface area contributed by atoms with Crippen LogP contribution in [0.15, 0.2) is 34.9 Å². The molecule has 3 rings (SSSR count). The average molecular weight is 347 g/mol. The molecule has 0 aliphatic carbocycles. The number of nitrogens with zero attached hydrogens (tertiary/aromatic N) is 3. The Bertz CT molecular complexity index is 734. The van der Waals surface area contributed by atoms with Gasteiger partial charge in [-0.3, -0.25) is 4.79 Å². The van der Waals surface area contributed by atoms with Crippen molar-refractivity contribution in [2.75, 3.05) is 33.7 Å². The zero-order chi connectivity index (χ0) is 17.8. The first kappa shape index (κ1) is 17.4. The smallest absolute Gasteiger partial charge is 0.275 e. The Labute approximate surface area is 146 Å². The number of carbonyl (C=O) groups is 1. The van der Waals surface area contributed by atoms with Crippen molar-refractivity contribution in [2.45, 2.75) is 13.0 Å². The van der Waals surface area contributed by atoms with Gasteiger partial charge in [-0.15, -0.1) is 0 Å². The number of ether oxygens (including phenoxy) is 1. The third-order valence-electron chi connectivity index (χ3n) is 4.30. The standard InChI is InChI=1S/C18H22FN3O3/c1-21-7-6-13(9-21)10-22(2)18(23)16-11-25-17(20-16)12-24-15-5-3-4-14(19)8-15/h3-5,8,11,13H,6-7,9-10,12H2,1-2H3/t13-/m0/s1. The van der Waals surface area contributed by atoms with Gasteiger partial charge in [0.15, 0.2) is 12.3 Å². The minimum absolute atomic E-state index is 0.0356. The lowest BCUT2D eigenvalue weighted by molar-refractivity contribution is 0.0768. The third kappa shape index (κ3) is 4.57. The highest BCUT2D eigenvalue weighted by Crippen LogP contribution is 2.17. The molecule has 1 saturated heterocycles. The van der Waals surface area contributed by atoms with E-state index in [-0.39, 0.29) is 29.9 Å². The molecule has 1 fully saturated rings. The lowest BCUT2D eigenvalue weighted by Crippen LogP contribution is -2.33. The van der Waals surface area contributed by atoms with Crippen LogP contribution in [0.5, 0.6) is 5.75 Å². The topological polar surface area (TPSA) is 58.8 Å². The fourth-order valence-corrected chi connectivity index (χ4v) is 3.02. The number of rotatable bonds is 6. The molecular formula is C18H22FN3O3. The van der Waals surface area contributed by atoms with Crippen LogP contribution in [-0.4, -0.2) is 54.4 Å². The first-order chi connectivity index (χ1) is 12.0. The van der Waals surface area contributed by atoms with Gasteiger partial charge in [-0.1, -0.05) is 6.07 Å². The van der Waals surface area contributed by atoms with E-state index in [0.29, 0.717) is 18.2 Å². The van der Waals surface area contributed by atoms with Gasteiger partial charge in [0.1, 0.15) is 17.8 Å². The Kier molecular flexibility index (Phi) is 5.33. The van der Waals surface area contributed by atoms with Gasteiger partial charge < -0.3 is 19.0 Å². The van der Waals surface area contributed by atoms with Crippen LogP contribution in [-0.2, 0) is 6.61 Å². The molecule has 1 aromatic heterocycles. The predicted molar refractivity (Wildman–Crippen MR) is 89.8 cm³/mol. The molecule has 2 aromatic rings. The van der Waals surface area contributed by atoms with Crippen LogP contribution in [0.2, 0.25) is 0 Å². The number of benzene rings is 1. The Morgan fingerprint density at radius 2 is 2.36 bits per heavy atom. The second kappa shape index (κ2) is 7.65. The van der Waals surface area contributed by atoms with E-state index in [0.717, 1.165) is 19.5 Å². The summed E-state index contributed by atoms with van der Waals surface area (Å²) in [5.41, 5.74) is 0.256. The maximum absolute atomic E-state index is 13.1. The molecule has 0 radical (unpaired) electrons. The van der Waals surface area contributed by atoms with E-state index in [1.54, 1.807) is 24.1 Å². The molecule has 1 aliphatic heterocycles. The van der Waals surface area contributed by atoms with Crippen LogP contribution in [0.25, 0.3) is 0 Å². The summed E-state index contributed by atoms with van der Waals surface area (Å²) in [7, 11) is 3.86. The molecule has 1 amide bonds. The van der Waals surface area contributed by atoms with E-state index in [4.69, 9.17) is 9.15 Å². The summed E-state index contributed by atoms with van der Waals surface area (Å²) in [5, 5.41) is 0. The van der Waals surface area contributed by atoms with Crippen molar-refractivity contribution < 1.29 is 18.3 Å². The number of oxazole rings is 1. The molecular weight excluding hydrogens is 325 g/mol. The highest BCUT2D eigenvalue weighted by atomic mass is 19.1. The minimum atomic E-state index is -0.375. The Morgan fingerprint density at radius 3 is 3.08 bits per heavy atom. The Morgan fingerprint density at radius 1 is 1.52 bits per heavy atom. The molecule has 25 heavy (non-hydrogen) atoms. The van der Waals surface area contributed by atoms with Gasteiger partial charge in [-0.2, -0.15) is 0 Å². The van der Waals surface area contributed by atoms with Crippen LogP contribution in [0.1, 0.15) is 22.8 Å². The van der Waals surface area contributed by atoms with E-state index in [2.05, 4.69) is 16.9 Å². The zero-order valence-electron chi connectivity index (χ0n) is 14.4. The summed E-state index contributed by atoms with van der Waals surface area (Å²) < 4.78 is 23.8. The minimum Gasteiger partial charge on any atom is -0.484 e. The normalized spacial score (nSPS) is 17.6. The van der Waals surface area contributed by atoms with Crippen molar-refractivity contribution in [2.24, 2.45) is 5.92 Å². The third-order valence-corrected chi connectivity index (χ3v) is 4.30. The van der Waals surface area contributed by atoms with Gasteiger partial charge >= 0.3 is 0 Å². The van der Waals surface area contributed by atoms with Crippen LogP contribution >= 0.6 is 0 Å². The van der Waals surface area contributed by atoms with E-state index in [9.17, 15) is 9.18 Å². The van der Waals surface area contributed by atoms with Crippen molar-refractivity contribution in [3.05, 3.63) is 47.9 Å². The Hall–Kier alpha value is -2.41. The quantitative estimate of drug-likeness (QED) is 0.803. The summed E-state index contributed by atoms with van der Waals surface area (Å²) in [6.07, 6.45) is 2.43. The predicted octanol–water partition coefficient (Wildman–Crippen LogP) is 2.42. The lowest BCUT2D eigenvalue weighted by atomic mass is 10.1. The van der Waals surface area contributed by atoms with Crippen molar-refractivity contribution in [3.8, 4) is 5.75 Å². The fraction of sp³-hybridized carbons (Fsp3) is 0.444. The Balaban J connectivity index is 1.54. The highest BCUT2D eigenvalue weighted by molar-refractivity contribution is 5.91. The van der Waals surface area contributed by atoms with E-state index in [1.165, 1.54) is 18.4 Å². The van der Waals surface area contributed by atoms with Gasteiger partial charge in [0, 0.05) is 26.2 Å². The molecule has 0 bridgehead atoms. The zero-order valence-corrected chi connectivity index (χ0v) is 14.4. The molecule has 7 heteroatoms. The number of hydrogen-bond acceptors (Lipinski definition) is 5. The van der Waals surface area contributed by atoms with Gasteiger partial charge in [0.25, 0.3) is 5.91 Å². The monoisotopic (exact) mass is 347 g/mol. The molecule has 134 valence electrons. The second-order valence-corrected chi connectivity index (χ2v) is 6.48. The van der Waals surface area contributed by atoms with E-state index < -0.39 is 0 Å². The first-order valence-corrected chi connectivity index (χ1v) is 8.28. The maximum atomic E-state index is 13.1. The number of likely N-dealkylation sites (tertiary alicyclic amines) is 1. The molecule has 1 aliphatic rings. The molecule has 6 nitrogen and oxygen atoms in total. The number of amides is 1. The summed E-state index contributed by atoms with van der Waals surface area (Å²) >= 11 is 0. The molecule has 1 atom stereocenters. The number of halogens is 1. The SMILES string of the molecule is CN1CC[C@H](CN(C)C(=O)c2coc(COc3cccc(F)c3)n2)C1. The van der Waals surface area contributed by atoms with Crippen LogP contribution in [0.4, 0.5) is 4.39 Å². The number of aromatic nitrogens is 1. The van der Waals surface area contributed by atoms with E-state index >= 15 is 0 Å². The average Bonchev–Trinajstić information content (AvgIpc) is 3.21. The van der Waals surface area contributed by atoms with Crippen molar-refractivity contribution in [1.29, 1.82) is 0 Å². The first-order valence-electron chi connectivity index (χ1n) is 8.28. The van der Waals surface area contributed by atoms with Crippen molar-refractivity contribution in [3.63, 3.8) is 0 Å². The molecule has 0 saturated carbocycles. The molecule has 1 aromatic carbocycles. The fourth-order valence-electron chi connectivity index (χ4n) is 3.02. The van der Waals surface area contributed by atoms with Gasteiger partial charge in [0.05, 0.1) is 0 Å². The summed E-state index contributed by atoms with van der Waals surface area (Å²) in [4.78, 5) is 20.6. The van der Waals surface area contributed by atoms with Crippen LogP contribution in [0, 0.1) is 11.7 Å². The second-order valence-electron chi connectivity index (χ2n) is 6.48. The maximum Gasteiger partial charge on any atom is 0.275 e. The van der Waals surface area contributed by atoms with Crippen LogP contribution < -0.4 is 4.74 Å². The summed E-state index contributed by atoms with van der Waals surface area (Å²) in [5.74, 6) is 0.604. The molecule has 0 unspecified atom stereocenters. The molecule has 0 N–H and O–H groups in total. The van der Waals surface area contributed by atoms with Crippen LogP contribution in [0.3, 0.4) is 0 Å². The number of carbonyl (C=O) groups excluding carboxylic acids is 1. The van der Waals surface area contributed by atoms with Crippen molar-refractivity contribution in [1.82, 2.24) is 14.8 Å². The number of hydrogen-bond donors (Lipinski definition) is 0. The van der Waals surface area contributed by atoms with Crippen molar-refractivity contribution >= 4 is 5.91 Å². The summed E-state index contributed by atoms with van der Waals surface area (Å²) in [6, 6.07) is 5.82. The van der Waals surface area contributed by atoms with Gasteiger partial charge in [0.2, 0.25) is 5.89 Å². The largest absolute Gasteiger partial charge is 0.484 e. The lowest BCUT2D eigenvalue weighted by Gasteiger charge is -2.20. The molecule has 0 spiro atoms. The summed E-state index contributed by atoms with van der Waals surface area (Å²) in [6.45, 7) is 2.81.